The van der Waals surface area contributed by atoms with Crippen molar-refractivity contribution in [2.24, 2.45) is 11.3 Å². The first-order chi connectivity index (χ1) is 9.83. The van der Waals surface area contributed by atoms with Gasteiger partial charge in [-0.05, 0) is 74.9 Å². The predicted molar refractivity (Wildman–Crippen MR) is 97.0 cm³/mol. The fourth-order valence-corrected chi connectivity index (χ4v) is 5.86. The fourth-order valence-electron chi connectivity index (χ4n) is 3.07. The van der Waals surface area contributed by atoms with Crippen LogP contribution in [0.1, 0.15) is 63.2 Å². The Labute approximate surface area is 148 Å². The summed E-state index contributed by atoms with van der Waals surface area (Å²) in [5, 5.41) is 3.20. The lowest BCUT2D eigenvalue weighted by Gasteiger charge is -2.39. The van der Waals surface area contributed by atoms with Crippen molar-refractivity contribution in [3.05, 3.63) is 19.2 Å². The largest absolute Gasteiger partial charge is 0.349 e. The average molecular weight is 437 g/mol. The number of rotatable bonds is 4. The number of carbonyl (C=O) groups is 1. The maximum Gasteiger partial charge on any atom is 0.253 e. The molecule has 118 valence electrons. The van der Waals surface area contributed by atoms with Crippen molar-refractivity contribution in [3.8, 4) is 0 Å². The van der Waals surface area contributed by atoms with Crippen LogP contribution in [0.15, 0.2) is 13.6 Å². The average Bonchev–Trinajstić information content (AvgIpc) is 2.78. The summed E-state index contributed by atoms with van der Waals surface area (Å²) in [4.78, 5) is 12.3. The van der Waals surface area contributed by atoms with E-state index in [-0.39, 0.29) is 5.91 Å². The Morgan fingerprint density at radius 2 is 1.95 bits per heavy atom. The minimum atomic E-state index is 0.0435. The fraction of sp³-hybridized carbons (Fsp3) is 0.688. The Morgan fingerprint density at radius 3 is 2.43 bits per heavy atom. The molecule has 2 rings (SSSR count). The molecule has 0 aliphatic heterocycles. The van der Waals surface area contributed by atoms with Gasteiger partial charge in [-0.15, -0.1) is 11.3 Å². The van der Waals surface area contributed by atoms with Crippen LogP contribution < -0.4 is 5.32 Å². The highest BCUT2D eigenvalue weighted by Crippen LogP contribution is 2.40. The molecule has 1 aromatic heterocycles. The Hall–Kier alpha value is 0.130. The number of thiophene rings is 1. The van der Waals surface area contributed by atoms with Gasteiger partial charge in [-0.25, -0.2) is 0 Å². The highest BCUT2D eigenvalue weighted by molar-refractivity contribution is 9.12. The van der Waals surface area contributed by atoms with E-state index >= 15 is 0 Å². The Balaban J connectivity index is 1.89. The van der Waals surface area contributed by atoms with E-state index in [0.717, 1.165) is 31.9 Å². The lowest BCUT2D eigenvalue weighted by molar-refractivity contribution is 0.0893. The first-order valence-corrected chi connectivity index (χ1v) is 9.99. The maximum atomic E-state index is 12.3. The molecule has 0 spiro atoms. The minimum absolute atomic E-state index is 0.0435. The first-order valence-electron chi connectivity index (χ1n) is 7.59. The molecule has 1 N–H and O–H groups in total. The Bertz CT molecular complexity index is 504. The monoisotopic (exact) mass is 435 g/mol. The quantitative estimate of drug-likeness (QED) is 0.616. The van der Waals surface area contributed by atoms with Gasteiger partial charge in [0.15, 0.2) is 0 Å². The van der Waals surface area contributed by atoms with Gasteiger partial charge in [-0.2, -0.15) is 0 Å². The van der Waals surface area contributed by atoms with Crippen LogP contribution in [-0.2, 0) is 0 Å². The molecule has 1 aliphatic carbocycles. The second-order valence-electron chi connectivity index (χ2n) is 6.60. The molecule has 1 saturated carbocycles. The summed E-state index contributed by atoms with van der Waals surface area (Å²) in [5.74, 6) is 0.833. The van der Waals surface area contributed by atoms with Gasteiger partial charge in [-0.3, -0.25) is 4.79 Å². The highest BCUT2D eigenvalue weighted by Gasteiger charge is 2.32. The van der Waals surface area contributed by atoms with E-state index in [1.807, 2.05) is 6.07 Å². The van der Waals surface area contributed by atoms with Gasteiger partial charge in [0.1, 0.15) is 0 Å². The van der Waals surface area contributed by atoms with Crippen molar-refractivity contribution >= 4 is 49.1 Å². The van der Waals surface area contributed by atoms with Gasteiger partial charge >= 0.3 is 0 Å². The van der Waals surface area contributed by atoms with Crippen LogP contribution >= 0.6 is 43.2 Å². The first kappa shape index (κ1) is 17.5. The molecule has 2 nitrogen and oxygen atoms in total. The summed E-state index contributed by atoms with van der Waals surface area (Å²) < 4.78 is 1.88. The molecule has 0 unspecified atom stereocenters. The molecule has 0 radical (unpaired) electrons. The van der Waals surface area contributed by atoms with E-state index in [1.54, 1.807) is 0 Å². The topological polar surface area (TPSA) is 29.1 Å². The number of nitrogens with one attached hydrogen (secondary N) is 1. The highest BCUT2D eigenvalue weighted by atomic mass is 79.9. The number of halogens is 2. The standard InChI is InChI=1S/C16H23Br2NOS/c1-4-16(2,3)10-5-7-11(8-6-10)19-15(20)12-9-13(17)21-14(12)18/h9-11H,4-8H2,1-3H3,(H,19,20). The molecule has 0 aromatic carbocycles. The number of hydrogen-bond acceptors (Lipinski definition) is 2. The summed E-state index contributed by atoms with van der Waals surface area (Å²) in [5.41, 5.74) is 1.17. The smallest absolute Gasteiger partial charge is 0.253 e. The summed E-state index contributed by atoms with van der Waals surface area (Å²) in [6.45, 7) is 7.02. The van der Waals surface area contributed by atoms with Crippen molar-refractivity contribution in [3.63, 3.8) is 0 Å². The molecular formula is C16H23Br2NOS. The second kappa shape index (κ2) is 7.14. The molecule has 1 aliphatic rings. The molecule has 0 saturated heterocycles. The molecule has 1 heterocycles. The Kier molecular flexibility index (Phi) is 5.94. The molecule has 0 atom stereocenters. The van der Waals surface area contributed by atoms with Crippen molar-refractivity contribution in [2.75, 3.05) is 0 Å². The van der Waals surface area contributed by atoms with E-state index in [9.17, 15) is 4.79 Å². The third kappa shape index (κ3) is 4.32. The zero-order valence-corrected chi connectivity index (χ0v) is 16.8. The number of amides is 1. The maximum absolute atomic E-state index is 12.3. The molecule has 21 heavy (non-hydrogen) atoms. The minimum Gasteiger partial charge on any atom is -0.349 e. The van der Waals surface area contributed by atoms with Gasteiger partial charge in [-0.1, -0.05) is 27.2 Å². The van der Waals surface area contributed by atoms with Crippen LogP contribution in [0, 0.1) is 11.3 Å². The van der Waals surface area contributed by atoms with Gasteiger partial charge in [0, 0.05) is 6.04 Å². The third-order valence-electron chi connectivity index (χ3n) is 4.98. The third-order valence-corrected chi connectivity index (χ3v) is 7.32. The van der Waals surface area contributed by atoms with Crippen molar-refractivity contribution < 1.29 is 4.79 Å². The lowest BCUT2D eigenvalue weighted by Crippen LogP contribution is -2.39. The van der Waals surface area contributed by atoms with E-state index in [1.165, 1.54) is 30.6 Å². The SMILES string of the molecule is CCC(C)(C)C1CCC(NC(=O)c2cc(Br)sc2Br)CC1. The summed E-state index contributed by atoms with van der Waals surface area (Å²) in [6.07, 6.45) is 5.87. The zero-order chi connectivity index (χ0) is 15.6. The van der Waals surface area contributed by atoms with Crippen LogP contribution in [-0.4, -0.2) is 11.9 Å². The summed E-state index contributed by atoms with van der Waals surface area (Å²) in [7, 11) is 0. The summed E-state index contributed by atoms with van der Waals surface area (Å²) >= 11 is 8.42. The van der Waals surface area contributed by atoms with Crippen LogP contribution in [0.3, 0.4) is 0 Å². The lowest BCUT2D eigenvalue weighted by atomic mass is 9.69. The molecule has 0 bridgehead atoms. The van der Waals surface area contributed by atoms with E-state index in [0.29, 0.717) is 11.5 Å². The van der Waals surface area contributed by atoms with Crippen LogP contribution in [0.2, 0.25) is 0 Å². The predicted octanol–water partition coefficient (Wildman–Crippen LogP) is 6.00. The zero-order valence-electron chi connectivity index (χ0n) is 12.8. The summed E-state index contributed by atoms with van der Waals surface area (Å²) in [6, 6.07) is 2.21. The molecule has 1 fully saturated rings. The molecular weight excluding hydrogens is 414 g/mol. The second-order valence-corrected chi connectivity index (χ2v) is 10.4. The van der Waals surface area contributed by atoms with E-state index in [2.05, 4.69) is 57.9 Å². The number of carbonyl (C=O) groups excluding carboxylic acids is 1. The van der Waals surface area contributed by atoms with Gasteiger partial charge in [0.05, 0.1) is 13.1 Å². The van der Waals surface area contributed by atoms with Gasteiger partial charge in [0.25, 0.3) is 5.91 Å². The van der Waals surface area contributed by atoms with Crippen molar-refractivity contribution in [2.45, 2.75) is 58.9 Å². The van der Waals surface area contributed by atoms with Crippen molar-refractivity contribution in [1.29, 1.82) is 0 Å². The van der Waals surface area contributed by atoms with Crippen LogP contribution in [0.4, 0.5) is 0 Å². The number of hydrogen-bond donors (Lipinski definition) is 1. The molecule has 1 amide bonds. The van der Waals surface area contributed by atoms with Crippen LogP contribution in [0.25, 0.3) is 0 Å². The molecule has 5 heteroatoms. The van der Waals surface area contributed by atoms with Crippen LogP contribution in [0.5, 0.6) is 0 Å². The van der Waals surface area contributed by atoms with Crippen molar-refractivity contribution in [1.82, 2.24) is 5.32 Å². The van der Waals surface area contributed by atoms with Gasteiger partial charge in [0.2, 0.25) is 0 Å². The Morgan fingerprint density at radius 1 is 1.33 bits per heavy atom. The molecule has 1 aromatic rings. The van der Waals surface area contributed by atoms with E-state index < -0.39 is 0 Å². The van der Waals surface area contributed by atoms with E-state index in [4.69, 9.17) is 0 Å². The van der Waals surface area contributed by atoms with Gasteiger partial charge < -0.3 is 5.32 Å². The normalized spacial score (nSPS) is 23.1.